The molecule has 0 N–H and O–H groups in total. The summed E-state index contributed by atoms with van der Waals surface area (Å²) in [5.41, 5.74) is 6.55. The molecule has 0 saturated heterocycles. The van der Waals surface area contributed by atoms with Crippen LogP contribution in [0.25, 0.3) is 11.3 Å². The van der Waals surface area contributed by atoms with E-state index in [4.69, 9.17) is 4.74 Å². The van der Waals surface area contributed by atoms with E-state index in [9.17, 15) is 4.79 Å². The minimum Gasteiger partial charge on any atom is -0.465 e. The number of benzene rings is 1. The van der Waals surface area contributed by atoms with Crippen LogP contribution in [0, 0.1) is 18.8 Å². The molecule has 3 rings (SSSR count). The average Bonchev–Trinajstić information content (AvgIpc) is 2.77. The first-order chi connectivity index (χ1) is 14.1. The standard InChI is InChI=1S/C24H23N3O2/c1-5-19-10-7-17(14-25-19)8-11-21-22(6-2)26-15-27-23(21)18-9-12-20(16(3)13-18)24(28)29-4/h7,9-10,12-15H,5-6H2,1-4H3. The van der Waals surface area contributed by atoms with Crippen molar-refractivity contribution in [3.8, 4) is 23.1 Å². The van der Waals surface area contributed by atoms with Crippen LogP contribution in [-0.4, -0.2) is 28.0 Å². The van der Waals surface area contributed by atoms with Gasteiger partial charge in [0.15, 0.2) is 0 Å². The van der Waals surface area contributed by atoms with Crippen LogP contribution in [0.1, 0.15) is 52.3 Å². The smallest absolute Gasteiger partial charge is 0.338 e. The normalized spacial score (nSPS) is 10.2. The molecule has 2 aromatic heterocycles. The van der Waals surface area contributed by atoms with E-state index >= 15 is 0 Å². The Kier molecular flexibility index (Phi) is 6.36. The summed E-state index contributed by atoms with van der Waals surface area (Å²) in [5.74, 6) is 6.08. The molecule has 1 aromatic carbocycles. The molecule has 0 aliphatic heterocycles. The number of esters is 1. The molecule has 0 atom stereocenters. The van der Waals surface area contributed by atoms with E-state index in [0.29, 0.717) is 5.56 Å². The van der Waals surface area contributed by atoms with E-state index in [0.717, 1.165) is 52.2 Å². The Balaban J connectivity index is 2.06. The number of nitrogens with zero attached hydrogens (tertiary/aromatic N) is 3. The summed E-state index contributed by atoms with van der Waals surface area (Å²) in [4.78, 5) is 25.2. The highest BCUT2D eigenvalue weighted by Crippen LogP contribution is 2.25. The highest BCUT2D eigenvalue weighted by Gasteiger charge is 2.14. The lowest BCUT2D eigenvalue weighted by Gasteiger charge is -2.10. The third-order valence-corrected chi connectivity index (χ3v) is 4.68. The van der Waals surface area contributed by atoms with E-state index < -0.39 is 0 Å². The number of hydrogen-bond acceptors (Lipinski definition) is 5. The molecular formula is C24H23N3O2. The second kappa shape index (κ2) is 9.11. The summed E-state index contributed by atoms with van der Waals surface area (Å²) in [7, 11) is 1.38. The van der Waals surface area contributed by atoms with E-state index in [1.165, 1.54) is 7.11 Å². The Morgan fingerprint density at radius 2 is 1.86 bits per heavy atom. The Labute approximate surface area is 171 Å². The van der Waals surface area contributed by atoms with Crippen molar-refractivity contribution in [2.24, 2.45) is 0 Å². The van der Waals surface area contributed by atoms with Gasteiger partial charge in [0, 0.05) is 23.0 Å². The fourth-order valence-corrected chi connectivity index (χ4v) is 3.03. The fourth-order valence-electron chi connectivity index (χ4n) is 3.03. The van der Waals surface area contributed by atoms with E-state index in [1.54, 1.807) is 18.6 Å². The Hall–Kier alpha value is -3.52. The van der Waals surface area contributed by atoms with Gasteiger partial charge in [-0.2, -0.15) is 0 Å². The van der Waals surface area contributed by atoms with E-state index in [1.807, 2.05) is 38.1 Å². The molecule has 5 nitrogen and oxygen atoms in total. The second-order valence-electron chi connectivity index (χ2n) is 6.56. The van der Waals surface area contributed by atoms with Crippen molar-refractivity contribution in [2.45, 2.75) is 33.6 Å². The molecule has 0 unspecified atom stereocenters. The van der Waals surface area contributed by atoms with Gasteiger partial charge in [-0.15, -0.1) is 0 Å². The second-order valence-corrected chi connectivity index (χ2v) is 6.56. The predicted octanol–water partition coefficient (Wildman–Crippen LogP) is 4.16. The Morgan fingerprint density at radius 1 is 1.03 bits per heavy atom. The number of aromatic nitrogens is 3. The molecule has 146 valence electrons. The van der Waals surface area contributed by atoms with Crippen molar-refractivity contribution < 1.29 is 9.53 Å². The number of aryl methyl sites for hydroxylation is 3. The summed E-state index contributed by atoms with van der Waals surface area (Å²) in [6.07, 6.45) is 4.98. The number of rotatable bonds is 4. The van der Waals surface area contributed by atoms with Crippen molar-refractivity contribution in [3.05, 3.63) is 76.5 Å². The van der Waals surface area contributed by atoms with Crippen molar-refractivity contribution in [1.29, 1.82) is 0 Å². The van der Waals surface area contributed by atoms with Gasteiger partial charge in [0.25, 0.3) is 0 Å². The molecule has 0 amide bonds. The number of ether oxygens (including phenoxy) is 1. The van der Waals surface area contributed by atoms with Crippen LogP contribution < -0.4 is 0 Å². The first-order valence-corrected chi connectivity index (χ1v) is 9.57. The quantitative estimate of drug-likeness (QED) is 0.498. The molecule has 0 aliphatic carbocycles. The molecule has 0 fully saturated rings. The highest BCUT2D eigenvalue weighted by atomic mass is 16.5. The molecule has 3 aromatic rings. The minimum absolute atomic E-state index is 0.353. The Bertz CT molecular complexity index is 1090. The maximum Gasteiger partial charge on any atom is 0.338 e. The average molecular weight is 385 g/mol. The lowest BCUT2D eigenvalue weighted by Crippen LogP contribution is -2.04. The van der Waals surface area contributed by atoms with Gasteiger partial charge in [-0.25, -0.2) is 14.8 Å². The van der Waals surface area contributed by atoms with Gasteiger partial charge in [0.1, 0.15) is 6.33 Å². The van der Waals surface area contributed by atoms with Crippen molar-refractivity contribution >= 4 is 5.97 Å². The van der Waals surface area contributed by atoms with Crippen LogP contribution in [0.4, 0.5) is 0 Å². The summed E-state index contributed by atoms with van der Waals surface area (Å²) >= 11 is 0. The summed E-state index contributed by atoms with van der Waals surface area (Å²) in [6, 6.07) is 9.51. The van der Waals surface area contributed by atoms with Gasteiger partial charge < -0.3 is 4.74 Å². The van der Waals surface area contributed by atoms with Gasteiger partial charge in [-0.05, 0) is 49.6 Å². The molecule has 2 heterocycles. The Morgan fingerprint density at radius 3 is 2.48 bits per heavy atom. The van der Waals surface area contributed by atoms with Crippen molar-refractivity contribution in [2.75, 3.05) is 7.11 Å². The largest absolute Gasteiger partial charge is 0.465 e. The summed E-state index contributed by atoms with van der Waals surface area (Å²) in [6.45, 7) is 5.99. The molecular weight excluding hydrogens is 362 g/mol. The minimum atomic E-state index is -0.353. The zero-order chi connectivity index (χ0) is 20.8. The molecule has 0 saturated carbocycles. The van der Waals surface area contributed by atoms with Crippen molar-refractivity contribution in [1.82, 2.24) is 15.0 Å². The molecule has 0 radical (unpaired) electrons. The third-order valence-electron chi connectivity index (χ3n) is 4.68. The number of pyridine rings is 1. The van der Waals surface area contributed by atoms with Gasteiger partial charge in [-0.3, -0.25) is 4.98 Å². The van der Waals surface area contributed by atoms with Crippen LogP contribution in [-0.2, 0) is 17.6 Å². The lowest BCUT2D eigenvalue weighted by atomic mass is 9.99. The predicted molar refractivity (Wildman–Crippen MR) is 113 cm³/mol. The number of carbonyl (C=O) groups is 1. The molecule has 5 heteroatoms. The van der Waals surface area contributed by atoms with Crippen LogP contribution >= 0.6 is 0 Å². The summed E-state index contributed by atoms with van der Waals surface area (Å²) < 4.78 is 4.83. The van der Waals surface area contributed by atoms with Crippen molar-refractivity contribution in [3.63, 3.8) is 0 Å². The summed E-state index contributed by atoms with van der Waals surface area (Å²) in [5, 5.41) is 0. The highest BCUT2D eigenvalue weighted by molar-refractivity contribution is 5.91. The zero-order valence-electron chi connectivity index (χ0n) is 17.1. The monoisotopic (exact) mass is 385 g/mol. The van der Waals surface area contributed by atoms with Gasteiger partial charge in [0.2, 0.25) is 0 Å². The van der Waals surface area contributed by atoms with E-state index in [-0.39, 0.29) is 5.97 Å². The maximum atomic E-state index is 11.9. The number of methoxy groups -OCH3 is 1. The topological polar surface area (TPSA) is 65.0 Å². The molecule has 0 spiro atoms. The molecule has 0 bridgehead atoms. The van der Waals surface area contributed by atoms with Crippen LogP contribution in [0.3, 0.4) is 0 Å². The van der Waals surface area contributed by atoms with Gasteiger partial charge in [0.05, 0.1) is 29.6 Å². The fraction of sp³-hybridized carbons (Fsp3) is 0.250. The first kappa shape index (κ1) is 20.2. The van der Waals surface area contributed by atoms with Gasteiger partial charge in [-0.1, -0.05) is 31.8 Å². The maximum absolute atomic E-state index is 11.9. The lowest BCUT2D eigenvalue weighted by molar-refractivity contribution is 0.0600. The van der Waals surface area contributed by atoms with Crippen LogP contribution in [0.15, 0.2) is 42.9 Å². The number of hydrogen-bond donors (Lipinski definition) is 0. The third kappa shape index (κ3) is 4.49. The molecule has 29 heavy (non-hydrogen) atoms. The van der Waals surface area contributed by atoms with Crippen LogP contribution in [0.5, 0.6) is 0 Å². The first-order valence-electron chi connectivity index (χ1n) is 9.57. The van der Waals surface area contributed by atoms with Crippen LogP contribution in [0.2, 0.25) is 0 Å². The number of carbonyl (C=O) groups excluding carboxylic acids is 1. The van der Waals surface area contributed by atoms with Gasteiger partial charge >= 0.3 is 5.97 Å². The van der Waals surface area contributed by atoms with E-state index in [2.05, 4.69) is 33.7 Å². The zero-order valence-corrected chi connectivity index (χ0v) is 17.1. The SMILES string of the molecule is CCc1ccc(C#Cc2c(CC)ncnc2-c2ccc(C(=O)OC)c(C)c2)cn1. The molecule has 0 aliphatic rings.